The van der Waals surface area contributed by atoms with Gasteiger partial charge in [-0.1, -0.05) is 41.9 Å². The molecule has 1 aliphatic heterocycles. The number of amides is 2. The van der Waals surface area contributed by atoms with Crippen molar-refractivity contribution in [1.29, 1.82) is 0 Å². The van der Waals surface area contributed by atoms with E-state index >= 15 is 0 Å². The van der Waals surface area contributed by atoms with Gasteiger partial charge in [-0.2, -0.15) is 0 Å². The Morgan fingerprint density at radius 1 is 1.11 bits per heavy atom. The monoisotopic (exact) mass is 400 g/mol. The summed E-state index contributed by atoms with van der Waals surface area (Å²) in [7, 11) is 2.03. The number of piperidine rings is 1. The molecule has 28 heavy (non-hydrogen) atoms. The molecule has 0 saturated carbocycles. The molecule has 1 aliphatic rings. The summed E-state index contributed by atoms with van der Waals surface area (Å²) in [5.41, 5.74) is 2.42. The van der Waals surface area contributed by atoms with Crippen molar-refractivity contribution in [2.24, 2.45) is 0 Å². The molecule has 1 heterocycles. The first-order valence-corrected chi connectivity index (χ1v) is 10.3. The lowest BCUT2D eigenvalue weighted by Crippen LogP contribution is -2.48. The Kier molecular flexibility index (Phi) is 7.57. The predicted octanol–water partition coefficient (Wildman–Crippen LogP) is 3.74. The molecule has 150 valence electrons. The second-order valence-corrected chi connectivity index (χ2v) is 7.77. The van der Waals surface area contributed by atoms with Crippen LogP contribution in [0.1, 0.15) is 18.4 Å². The average Bonchev–Trinajstić information content (AvgIpc) is 2.72. The summed E-state index contributed by atoms with van der Waals surface area (Å²) in [5, 5.41) is 6.85. The van der Waals surface area contributed by atoms with Crippen molar-refractivity contribution in [2.75, 3.05) is 38.1 Å². The largest absolute Gasteiger partial charge is 0.373 e. The number of nitrogens with zero attached hydrogens (tertiary/aromatic N) is 2. The van der Waals surface area contributed by atoms with Gasteiger partial charge in [-0.15, -0.1) is 0 Å². The Labute approximate surface area is 172 Å². The molecule has 6 heteroatoms. The van der Waals surface area contributed by atoms with Crippen molar-refractivity contribution in [3.8, 4) is 0 Å². The molecular weight excluding hydrogens is 372 g/mol. The average molecular weight is 401 g/mol. The van der Waals surface area contributed by atoms with Crippen LogP contribution in [0.5, 0.6) is 0 Å². The summed E-state index contributed by atoms with van der Waals surface area (Å²) in [5.74, 6) is 0. The number of benzene rings is 2. The van der Waals surface area contributed by atoms with Crippen molar-refractivity contribution in [3.63, 3.8) is 0 Å². The molecule has 0 atom stereocenters. The summed E-state index contributed by atoms with van der Waals surface area (Å²) in [6.07, 6.45) is 1.95. The molecule has 0 bridgehead atoms. The maximum atomic E-state index is 12.2. The molecule has 0 aliphatic carbocycles. The van der Waals surface area contributed by atoms with Crippen LogP contribution in [0, 0.1) is 0 Å². The SMILES string of the molecule is CN(CCNC(=O)NC1CCN(Cc2ccc(Cl)cc2)CC1)c1ccccc1. The molecule has 2 aromatic rings. The number of rotatable bonds is 7. The Morgan fingerprint density at radius 3 is 2.46 bits per heavy atom. The van der Waals surface area contributed by atoms with Gasteiger partial charge in [-0.3, -0.25) is 4.90 Å². The van der Waals surface area contributed by atoms with Crippen molar-refractivity contribution >= 4 is 23.3 Å². The third kappa shape index (κ3) is 6.43. The molecule has 2 amide bonds. The van der Waals surface area contributed by atoms with E-state index in [1.54, 1.807) is 0 Å². The van der Waals surface area contributed by atoms with Crippen LogP contribution in [0.2, 0.25) is 5.02 Å². The van der Waals surface area contributed by atoms with Gasteiger partial charge >= 0.3 is 6.03 Å². The number of anilines is 1. The minimum absolute atomic E-state index is 0.0717. The first-order chi connectivity index (χ1) is 13.6. The summed E-state index contributed by atoms with van der Waals surface area (Å²) >= 11 is 5.94. The van der Waals surface area contributed by atoms with Crippen molar-refractivity contribution < 1.29 is 4.79 Å². The van der Waals surface area contributed by atoms with E-state index in [4.69, 9.17) is 11.6 Å². The lowest BCUT2D eigenvalue weighted by atomic mass is 10.0. The third-order valence-corrected chi connectivity index (χ3v) is 5.42. The number of hydrogen-bond acceptors (Lipinski definition) is 3. The molecule has 0 unspecified atom stereocenters. The predicted molar refractivity (Wildman–Crippen MR) is 116 cm³/mol. The molecule has 0 spiro atoms. The topological polar surface area (TPSA) is 47.6 Å². The smallest absolute Gasteiger partial charge is 0.315 e. The van der Waals surface area contributed by atoms with Gasteiger partial charge in [0.2, 0.25) is 0 Å². The lowest BCUT2D eigenvalue weighted by molar-refractivity contribution is 0.187. The van der Waals surface area contributed by atoms with E-state index in [1.165, 1.54) is 5.56 Å². The Bertz CT molecular complexity index is 730. The van der Waals surface area contributed by atoms with Gasteiger partial charge in [0.25, 0.3) is 0 Å². The third-order valence-electron chi connectivity index (χ3n) is 5.17. The second-order valence-electron chi connectivity index (χ2n) is 7.33. The van der Waals surface area contributed by atoms with Crippen LogP contribution in [0.4, 0.5) is 10.5 Å². The fourth-order valence-corrected chi connectivity index (χ4v) is 3.59. The van der Waals surface area contributed by atoms with E-state index in [0.29, 0.717) is 6.54 Å². The van der Waals surface area contributed by atoms with Crippen LogP contribution in [0.3, 0.4) is 0 Å². The van der Waals surface area contributed by atoms with Crippen LogP contribution < -0.4 is 15.5 Å². The van der Waals surface area contributed by atoms with Gasteiger partial charge in [0, 0.05) is 56.5 Å². The van der Waals surface area contributed by atoms with Gasteiger partial charge in [0.15, 0.2) is 0 Å². The van der Waals surface area contributed by atoms with Crippen LogP contribution >= 0.6 is 11.6 Å². The molecule has 2 N–H and O–H groups in total. The minimum atomic E-state index is -0.0717. The molecule has 1 fully saturated rings. The van der Waals surface area contributed by atoms with Crippen LogP contribution in [-0.4, -0.2) is 50.2 Å². The van der Waals surface area contributed by atoms with Crippen LogP contribution in [0.15, 0.2) is 54.6 Å². The van der Waals surface area contributed by atoms with Gasteiger partial charge in [-0.25, -0.2) is 4.79 Å². The number of hydrogen-bond donors (Lipinski definition) is 2. The molecule has 0 aromatic heterocycles. The fraction of sp³-hybridized carbons (Fsp3) is 0.409. The van der Waals surface area contributed by atoms with Crippen molar-refractivity contribution in [1.82, 2.24) is 15.5 Å². The van der Waals surface area contributed by atoms with Gasteiger partial charge < -0.3 is 15.5 Å². The highest BCUT2D eigenvalue weighted by atomic mass is 35.5. The van der Waals surface area contributed by atoms with E-state index in [-0.39, 0.29) is 12.1 Å². The molecule has 5 nitrogen and oxygen atoms in total. The minimum Gasteiger partial charge on any atom is -0.373 e. The number of carbonyl (C=O) groups excluding carboxylic acids is 1. The highest BCUT2D eigenvalue weighted by Crippen LogP contribution is 2.16. The molecule has 2 aromatic carbocycles. The zero-order valence-corrected chi connectivity index (χ0v) is 17.2. The number of carbonyl (C=O) groups is 1. The van der Waals surface area contributed by atoms with E-state index in [0.717, 1.165) is 49.7 Å². The summed E-state index contributed by atoms with van der Waals surface area (Å²) in [6, 6.07) is 18.4. The first kappa shape index (κ1) is 20.5. The van der Waals surface area contributed by atoms with Crippen molar-refractivity contribution in [3.05, 3.63) is 65.2 Å². The first-order valence-electron chi connectivity index (χ1n) is 9.87. The van der Waals surface area contributed by atoms with Crippen LogP contribution in [0.25, 0.3) is 0 Å². The quantitative estimate of drug-likeness (QED) is 0.744. The summed E-state index contributed by atoms with van der Waals surface area (Å²) < 4.78 is 0. The standard InChI is InChI=1S/C22H29ClN4O/c1-26(21-5-3-2-4-6-21)16-13-24-22(28)25-20-11-14-27(15-12-20)17-18-7-9-19(23)10-8-18/h2-10,20H,11-17H2,1H3,(H2,24,25,28). The van der Waals surface area contributed by atoms with Gasteiger partial charge in [-0.05, 0) is 42.7 Å². The molecule has 3 rings (SSSR count). The zero-order valence-electron chi connectivity index (χ0n) is 16.4. The fourth-order valence-electron chi connectivity index (χ4n) is 3.47. The maximum absolute atomic E-state index is 12.2. The number of urea groups is 1. The Morgan fingerprint density at radius 2 is 1.79 bits per heavy atom. The Hall–Kier alpha value is -2.24. The normalized spacial score (nSPS) is 15.2. The number of likely N-dealkylation sites (N-methyl/N-ethyl adjacent to an activating group) is 1. The molecule has 1 saturated heterocycles. The van der Waals surface area contributed by atoms with E-state index in [2.05, 4.69) is 44.7 Å². The van der Waals surface area contributed by atoms with Crippen molar-refractivity contribution in [2.45, 2.75) is 25.4 Å². The van der Waals surface area contributed by atoms with E-state index in [1.807, 2.05) is 37.4 Å². The van der Waals surface area contributed by atoms with Gasteiger partial charge in [0.05, 0.1) is 0 Å². The number of likely N-dealkylation sites (tertiary alicyclic amines) is 1. The maximum Gasteiger partial charge on any atom is 0.315 e. The Balaban J connectivity index is 1.32. The van der Waals surface area contributed by atoms with E-state index in [9.17, 15) is 4.79 Å². The highest BCUT2D eigenvalue weighted by Gasteiger charge is 2.20. The highest BCUT2D eigenvalue weighted by molar-refractivity contribution is 6.30. The molecular formula is C22H29ClN4O. The van der Waals surface area contributed by atoms with Gasteiger partial charge in [0.1, 0.15) is 0 Å². The summed E-state index contributed by atoms with van der Waals surface area (Å²) in [4.78, 5) is 16.7. The van der Waals surface area contributed by atoms with Crippen LogP contribution in [-0.2, 0) is 6.54 Å². The number of halogens is 1. The molecule has 0 radical (unpaired) electrons. The number of nitrogens with one attached hydrogen (secondary N) is 2. The number of para-hydroxylation sites is 1. The zero-order chi connectivity index (χ0) is 19.8. The summed E-state index contributed by atoms with van der Waals surface area (Å²) in [6.45, 7) is 4.31. The second kappa shape index (κ2) is 10.3. The van der Waals surface area contributed by atoms with E-state index < -0.39 is 0 Å². The lowest BCUT2D eigenvalue weighted by Gasteiger charge is -2.32.